The molecule has 20 heavy (non-hydrogen) atoms. The number of hydrogen-bond acceptors (Lipinski definition) is 2. The number of aryl methyl sites for hydroxylation is 1. The van der Waals surface area contributed by atoms with Gasteiger partial charge in [-0.05, 0) is 57.9 Å². The predicted octanol–water partition coefficient (Wildman–Crippen LogP) is 5.28. The fourth-order valence-electron chi connectivity index (χ4n) is 2.62. The fourth-order valence-corrected chi connectivity index (χ4v) is 4.26. The summed E-state index contributed by atoms with van der Waals surface area (Å²) in [7, 11) is 2.02. The van der Waals surface area contributed by atoms with Crippen molar-refractivity contribution in [2.75, 3.05) is 7.05 Å². The minimum Gasteiger partial charge on any atom is -0.309 e. The van der Waals surface area contributed by atoms with Gasteiger partial charge in [0.05, 0.1) is 6.04 Å². The second-order valence-corrected chi connectivity index (χ2v) is 6.68. The number of halogens is 1. The monoisotopic (exact) mass is 345 g/mol. The largest absolute Gasteiger partial charge is 0.309 e. The molecule has 1 unspecified atom stereocenters. The average Bonchev–Trinajstić information content (AvgIpc) is 2.86. The first-order valence-electron chi connectivity index (χ1n) is 6.60. The highest BCUT2D eigenvalue weighted by atomic mass is 79.9. The number of nitrogens with one attached hydrogen (secondary N) is 1. The first-order chi connectivity index (χ1) is 9.70. The standard InChI is InChI=1S/C17H16BrNS/c1-11-5-3-6-12(9-11)16(19-2)14-10-20-17-13(14)7-4-8-15(17)18/h3-10,16,19H,1-2H3. The van der Waals surface area contributed by atoms with Crippen molar-refractivity contribution in [2.45, 2.75) is 13.0 Å². The van der Waals surface area contributed by atoms with Crippen LogP contribution in [0.5, 0.6) is 0 Å². The first kappa shape index (κ1) is 13.8. The Morgan fingerprint density at radius 3 is 2.70 bits per heavy atom. The molecular weight excluding hydrogens is 330 g/mol. The maximum atomic E-state index is 3.64. The predicted molar refractivity (Wildman–Crippen MR) is 91.6 cm³/mol. The van der Waals surface area contributed by atoms with Crippen LogP contribution in [0.15, 0.2) is 52.3 Å². The van der Waals surface area contributed by atoms with Crippen molar-refractivity contribution >= 4 is 37.4 Å². The van der Waals surface area contributed by atoms with Gasteiger partial charge < -0.3 is 5.32 Å². The second-order valence-electron chi connectivity index (χ2n) is 4.94. The van der Waals surface area contributed by atoms with E-state index in [4.69, 9.17) is 0 Å². The Kier molecular flexibility index (Phi) is 3.92. The van der Waals surface area contributed by atoms with Crippen LogP contribution in [0.2, 0.25) is 0 Å². The molecule has 1 aromatic heterocycles. The molecule has 0 aliphatic carbocycles. The van der Waals surface area contributed by atoms with Gasteiger partial charge in [0, 0.05) is 9.17 Å². The summed E-state index contributed by atoms with van der Waals surface area (Å²) in [5.74, 6) is 0. The number of hydrogen-bond donors (Lipinski definition) is 1. The summed E-state index contributed by atoms with van der Waals surface area (Å²) < 4.78 is 2.49. The van der Waals surface area contributed by atoms with Gasteiger partial charge >= 0.3 is 0 Å². The summed E-state index contributed by atoms with van der Waals surface area (Å²) in [4.78, 5) is 0. The average molecular weight is 346 g/mol. The third-order valence-electron chi connectivity index (χ3n) is 3.56. The van der Waals surface area contributed by atoms with E-state index in [-0.39, 0.29) is 6.04 Å². The molecule has 2 aromatic carbocycles. The molecule has 0 saturated heterocycles. The molecule has 3 heteroatoms. The van der Waals surface area contributed by atoms with Crippen molar-refractivity contribution in [1.29, 1.82) is 0 Å². The minimum atomic E-state index is 0.234. The zero-order chi connectivity index (χ0) is 14.1. The summed E-state index contributed by atoms with van der Waals surface area (Å²) in [5, 5.41) is 7.04. The van der Waals surface area contributed by atoms with Crippen molar-refractivity contribution < 1.29 is 0 Å². The van der Waals surface area contributed by atoms with Crippen LogP contribution in [0.25, 0.3) is 10.1 Å². The summed E-state index contributed by atoms with van der Waals surface area (Å²) >= 11 is 5.44. The molecule has 0 spiro atoms. The molecule has 0 aliphatic rings. The number of benzene rings is 2. The topological polar surface area (TPSA) is 12.0 Å². The van der Waals surface area contributed by atoms with Gasteiger partial charge in [-0.1, -0.05) is 42.0 Å². The van der Waals surface area contributed by atoms with Gasteiger partial charge in [-0.3, -0.25) is 0 Å². The van der Waals surface area contributed by atoms with Crippen LogP contribution < -0.4 is 5.32 Å². The van der Waals surface area contributed by atoms with Gasteiger partial charge in [0.25, 0.3) is 0 Å². The smallest absolute Gasteiger partial charge is 0.0588 e. The Hall–Kier alpha value is -1.16. The van der Waals surface area contributed by atoms with Crippen LogP contribution in [0.3, 0.4) is 0 Å². The molecule has 1 nitrogen and oxygen atoms in total. The lowest BCUT2D eigenvalue weighted by atomic mass is 9.97. The summed E-state index contributed by atoms with van der Waals surface area (Å²) in [6.45, 7) is 2.14. The van der Waals surface area contributed by atoms with Gasteiger partial charge in [0.1, 0.15) is 0 Å². The van der Waals surface area contributed by atoms with E-state index < -0.39 is 0 Å². The Bertz CT molecular complexity index is 748. The van der Waals surface area contributed by atoms with Gasteiger partial charge in [-0.2, -0.15) is 0 Å². The van der Waals surface area contributed by atoms with Crippen LogP contribution in [-0.4, -0.2) is 7.05 Å². The van der Waals surface area contributed by atoms with Crippen LogP contribution in [0, 0.1) is 6.92 Å². The molecule has 0 radical (unpaired) electrons. The molecule has 0 saturated carbocycles. The van der Waals surface area contributed by atoms with E-state index in [1.807, 2.05) is 7.05 Å². The van der Waals surface area contributed by atoms with E-state index in [1.165, 1.54) is 31.2 Å². The Morgan fingerprint density at radius 1 is 1.15 bits per heavy atom. The molecule has 1 heterocycles. The minimum absolute atomic E-state index is 0.234. The summed E-state index contributed by atoms with van der Waals surface area (Å²) in [5.41, 5.74) is 3.95. The van der Waals surface area contributed by atoms with Crippen molar-refractivity contribution in [3.63, 3.8) is 0 Å². The Balaban J connectivity index is 2.15. The molecule has 3 aromatic rings. The summed E-state index contributed by atoms with van der Waals surface area (Å²) in [6.07, 6.45) is 0. The molecule has 0 aliphatic heterocycles. The number of rotatable bonds is 3. The van der Waals surface area contributed by atoms with Crippen LogP contribution in [-0.2, 0) is 0 Å². The zero-order valence-corrected chi connectivity index (χ0v) is 13.9. The van der Waals surface area contributed by atoms with Gasteiger partial charge in [0.15, 0.2) is 0 Å². The number of thiophene rings is 1. The number of fused-ring (bicyclic) bond motifs is 1. The SMILES string of the molecule is CNC(c1cccc(C)c1)c1csc2c(Br)cccc12. The second kappa shape index (κ2) is 5.68. The van der Waals surface area contributed by atoms with E-state index in [9.17, 15) is 0 Å². The molecule has 3 rings (SSSR count). The van der Waals surface area contributed by atoms with Crippen molar-refractivity contribution in [1.82, 2.24) is 5.32 Å². The third-order valence-corrected chi connectivity index (χ3v) is 5.53. The maximum absolute atomic E-state index is 3.64. The Labute approximate surface area is 131 Å². The van der Waals surface area contributed by atoms with Gasteiger partial charge in [0.2, 0.25) is 0 Å². The Morgan fingerprint density at radius 2 is 1.95 bits per heavy atom. The normalized spacial score (nSPS) is 12.8. The van der Waals surface area contributed by atoms with Gasteiger partial charge in [-0.25, -0.2) is 0 Å². The zero-order valence-electron chi connectivity index (χ0n) is 11.5. The van der Waals surface area contributed by atoms with E-state index in [0.29, 0.717) is 0 Å². The highest BCUT2D eigenvalue weighted by Gasteiger charge is 2.17. The molecule has 102 valence electrons. The van der Waals surface area contributed by atoms with Crippen molar-refractivity contribution in [3.8, 4) is 0 Å². The lowest BCUT2D eigenvalue weighted by molar-refractivity contribution is 0.698. The fraction of sp³-hybridized carbons (Fsp3) is 0.176. The van der Waals surface area contributed by atoms with E-state index in [0.717, 1.165) is 0 Å². The van der Waals surface area contributed by atoms with Gasteiger partial charge in [-0.15, -0.1) is 11.3 Å². The lowest BCUT2D eigenvalue weighted by Gasteiger charge is -2.17. The molecule has 0 amide bonds. The maximum Gasteiger partial charge on any atom is 0.0588 e. The third kappa shape index (κ3) is 2.41. The molecule has 0 fully saturated rings. The van der Waals surface area contributed by atoms with Crippen molar-refractivity contribution in [2.24, 2.45) is 0 Å². The van der Waals surface area contributed by atoms with E-state index in [1.54, 1.807) is 11.3 Å². The first-order valence-corrected chi connectivity index (χ1v) is 8.27. The molecule has 1 atom stereocenters. The van der Waals surface area contributed by atoms with Crippen LogP contribution >= 0.6 is 27.3 Å². The quantitative estimate of drug-likeness (QED) is 0.680. The molecular formula is C17H16BrNS. The van der Waals surface area contributed by atoms with E-state index >= 15 is 0 Å². The van der Waals surface area contributed by atoms with Crippen LogP contribution in [0.1, 0.15) is 22.7 Å². The summed E-state index contributed by atoms with van der Waals surface area (Å²) in [6, 6.07) is 15.3. The highest BCUT2D eigenvalue weighted by molar-refractivity contribution is 9.10. The van der Waals surface area contributed by atoms with E-state index in [2.05, 4.69) is 76.0 Å². The van der Waals surface area contributed by atoms with Crippen molar-refractivity contribution in [3.05, 3.63) is 69.0 Å². The lowest BCUT2D eigenvalue weighted by Crippen LogP contribution is -2.17. The molecule has 0 bridgehead atoms. The highest BCUT2D eigenvalue weighted by Crippen LogP contribution is 2.37. The molecule has 1 N–H and O–H groups in total. The van der Waals surface area contributed by atoms with Crippen LogP contribution in [0.4, 0.5) is 0 Å².